The molecule has 2 aliphatic heterocycles. The fraction of sp³-hybridized carbons (Fsp3) is 0.185. The first-order valence-corrected chi connectivity index (χ1v) is 12.1. The quantitative estimate of drug-likeness (QED) is 0.267. The van der Waals surface area contributed by atoms with Crippen LogP contribution in [0.1, 0.15) is 33.9 Å². The van der Waals surface area contributed by atoms with Gasteiger partial charge in [-0.25, -0.2) is 5.01 Å². The number of hydrazone groups is 1. The number of carbonyl (C=O) groups is 3. The van der Waals surface area contributed by atoms with E-state index < -0.39 is 28.6 Å². The van der Waals surface area contributed by atoms with Gasteiger partial charge >= 0.3 is 0 Å². The maximum absolute atomic E-state index is 13.6. The molecule has 0 N–H and O–H groups in total. The molecule has 0 saturated carbocycles. The third-order valence-electron chi connectivity index (χ3n) is 6.60. The third kappa shape index (κ3) is 4.50. The van der Waals surface area contributed by atoms with Crippen LogP contribution in [0.15, 0.2) is 71.8 Å². The lowest BCUT2D eigenvalue weighted by molar-refractivity contribution is -0.384. The SMILES string of the molecule is CN(C)c1ccc(C2CC(c3ccc([N+](=O)[O-])cc3)=NN2C(=O)CN2C(=O)C(=O)c3cc(Cl)ccc32)cc1. The molecule has 0 spiro atoms. The summed E-state index contributed by atoms with van der Waals surface area (Å²) in [5.41, 5.74) is 3.47. The van der Waals surface area contributed by atoms with Gasteiger partial charge in [0.25, 0.3) is 23.3 Å². The summed E-state index contributed by atoms with van der Waals surface area (Å²) in [4.78, 5) is 52.5. The lowest BCUT2D eigenvalue weighted by Crippen LogP contribution is -2.40. The van der Waals surface area contributed by atoms with Crippen LogP contribution < -0.4 is 9.80 Å². The first-order valence-electron chi connectivity index (χ1n) is 11.7. The number of carbonyl (C=O) groups excluding carboxylic acids is 3. The summed E-state index contributed by atoms with van der Waals surface area (Å²) in [6.07, 6.45) is 0.365. The largest absolute Gasteiger partial charge is 0.378 e. The number of hydrogen-bond acceptors (Lipinski definition) is 7. The monoisotopic (exact) mass is 531 g/mol. The zero-order valence-corrected chi connectivity index (χ0v) is 21.3. The Morgan fingerprint density at radius 1 is 1.08 bits per heavy atom. The Labute approximate surface area is 222 Å². The first kappa shape index (κ1) is 25.1. The van der Waals surface area contributed by atoms with Crippen molar-refractivity contribution in [1.82, 2.24) is 5.01 Å². The molecule has 1 unspecified atom stereocenters. The summed E-state index contributed by atoms with van der Waals surface area (Å²) in [6, 6.07) is 17.7. The van der Waals surface area contributed by atoms with Gasteiger partial charge in [-0.3, -0.25) is 29.4 Å². The summed E-state index contributed by atoms with van der Waals surface area (Å²) >= 11 is 6.00. The van der Waals surface area contributed by atoms with Crippen LogP contribution in [0.2, 0.25) is 5.02 Å². The Kier molecular flexibility index (Phi) is 6.41. The zero-order valence-electron chi connectivity index (χ0n) is 20.5. The van der Waals surface area contributed by atoms with Gasteiger partial charge in [-0.1, -0.05) is 23.7 Å². The number of anilines is 2. The first-order chi connectivity index (χ1) is 18.1. The van der Waals surface area contributed by atoms with Crippen LogP contribution in [-0.4, -0.2) is 53.9 Å². The van der Waals surface area contributed by atoms with Crippen molar-refractivity contribution in [2.75, 3.05) is 30.4 Å². The highest BCUT2D eigenvalue weighted by Crippen LogP contribution is 2.36. The summed E-state index contributed by atoms with van der Waals surface area (Å²) in [5.74, 6) is -2.00. The van der Waals surface area contributed by atoms with E-state index in [1.807, 2.05) is 43.3 Å². The molecule has 192 valence electrons. The van der Waals surface area contributed by atoms with E-state index >= 15 is 0 Å². The van der Waals surface area contributed by atoms with Crippen LogP contribution in [0.4, 0.5) is 17.1 Å². The van der Waals surface area contributed by atoms with E-state index in [0.717, 1.165) is 16.2 Å². The fourth-order valence-corrected chi connectivity index (χ4v) is 4.75. The number of ketones is 1. The van der Waals surface area contributed by atoms with Gasteiger partial charge in [0, 0.05) is 43.4 Å². The maximum Gasteiger partial charge on any atom is 0.299 e. The van der Waals surface area contributed by atoms with Crippen LogP contribution >= 0.6 is 11.6 Å². The zero-order chi connectivity index (χ0) is 27.1. The number of Topliss-reactive ketones (excluding diaryl/α,β-unsaturated/α-hetero) is 1. The Morgan fingerprint density at radius 2 is 1.76 bits per heavy atom. The lowest BCUT2D eigenvalue weighted by Gasteiger charge is -2.25. The minimum absolute atomic E-state index is 0.0490. The summed E-state index contributed by atoms with van der Waals surface area (Å²) in [6.45, 7) is -0.386. The van der Waals surface area contributed by atoms with Crippen molar-refractivity contribution in [3.8, 4) is 0 Å². The smallest absolute Gasteiger partial charge is 0.299 e. The van der Waals surface area contributed by atoms with Crippen LogP contribution in [0.25, 0.3) is 0 Å². The summed E-state index contributed by atoms with van der Waals surface area (Å²) < 4.78 is 0. The van der Waals surface area contributed by atoms with E-state index in [-0.39, 0.29) is 17.8 Å². The molecular weight excluding hydrogens is 510 g/mol. The normalized spacial score (nSPS) is 16.5. The van der Waals surface area contributed by atoms with Crippen molar-refractivity contribution >= 4 is 52.0 Å². The highest BCUT2D eigenvalue weighted by molar-refractivity contribution is 6.53. The minimum Gasteiger partial charge on any atom is -0.378 e. The van der Waals surface area contributed by atoms with E-state index in [0.29, 0.717) is 28.4 Å². The van der Waals surface area contributed by atoms with Gasteiger partial charge in [0.1, 0.15) is 6.54 Å². The number of benzene rings is 3. The Morgan fingerprint density at radius 3 is 2.39 bits per heavy atom. The average Bonchev–Trinajstić information content (AvgIpc) is 3.45. The lowest BCUT2D eigenvalue weighted by atomic mass is 9.98. The molecular formula is C27H22ClN5O5. The highest BCUT2D eigenvalue weighted by Gasteiger charge is 2.40. The number of non-ortho nitro benzene ring substituents is 1. The van der Waals surface area contributed by atoms with Gasteiger partial charge in [-0.05, 0) is 53.6 Å². The van der Waals surface area contributed by atoms with Crippen LogP contribution in [0, 0.1) is 10.1 Å². The molecule has 0 saturated heterocycles. The maximum atomic E-state index is 13.6. The van der Waals surface area contributed by atoms with Crippen molar-refractivity contribution in [3.63, 3.8) is 0 Å². The number of amides is 2. The second kappa shape index (κ2) is 9.71. The molecule has 0 radical (unpaired) electrons. The van der Waals surface area contributed by atoms with E-state index in [9.17, 15) is 24.5 Å². The molecule has 11 heteroatoms. The summed E-state index contributed by atoms with van der Waals surface area (Å²) in [7, 11) is 3.85. The van der Waals surface area contributed by atoms with Crippen molar-refractivity contribution in [2.24, 2.45) is 5.10 Å². The topological polar surface area (TPSA) is 116 Å². The number of hydrogen-bond donors (Lipinski definition) is 0. The van der Waals surface area contributed by atoms with Gasteiger partial charge in [-0.15, -0.1) is 0 Å². The van der Waals surface area contributed by atoms with Gasteiger partial charge < -0.3 is 4.90 Å². The Balaban J connectivity index is 1.47. The molecule has 3 aromatic carbocycles. The third-order valence-corrected chi connectivity index (χ3v) is 6.83. The fourth-order valence-electron chi connectivity index (χ4n) is 4.58. The second-order valence-corrected chi connectivity index (χ2v) is 9.61. The van der Waals surface area contributed by atoms with E-state index in [1.165, 1.54) is 23.2 Å². The minimum atomic E-state index is -0.804. The van der Waals surface area contributed by atoms with Gasteiger partial charge in [0.05, 0.1) is 27.9 Å². The second-order valence-electron chi connectivity index (χ2n) is 9.18. The molecule has 38 heavy (non-hydrogen) atoms. The predicted octanol–water partition coefficient (Wildman–Crippen LogP) is 4.22. The van der Waals surface area contributed by atoms with Crippen molar-refractivity contribution in [2.45, 2.75) is 12.5 Å². The van der Waals surface area contributed by atoms with E-state index in [1.54, 1.807) is 24.3 Å². The van der Waals surface area contributed by atoms with E-state index in [4.69, 9.17) is 11.6 Å². The average molecular weight is 532 g/mol. The molecule has 0 bridgehead atoms. The van der Waals surface area contributed by atoms with Crippen LogP contribution in [0.5, 0.6) is 0 Å². The number of nitro groups is 1. The van der Waals surface area contributed by atoms with Gasteiger partial charge in [0.15, 0.2) is 0 Å². The Hall–Kier alpha value is -4.57. The Bertz CT molecular complexity index is 1500. The number of nitro benzene ring substituents is 1. The molecule has 1 atom stereocenters. The number of nitrogens with zero attached hydrogens (tertiary/aromatic N) is 5. The van der Waals surface area contributed by atoms with Crippen molar-refractivity contribution in [1.29, 1.82) is 0 Å². The number of rotatable bonds is 6. The molecule has 2 aliphatic rings. The molecule has 0 aliphatic carbocycles. The van der Waals surface area contributed by atoms with Gasteiger partial charge in [-0.2, -0.15) is 5.10 Å². The van der Waals surface area contributed by atoms with E-state index in [2.05, 4.69) is 5.10 Å². The molecule has 5 rings (SSSR count). The van der Waals surface area contributed by atoms with Crippen LogP contribution in [-0.2, 0) is 9.59 Å². The molecule has 2 heterocycles. The summed E-state index contributed by atoms with van der Waals surface area (Å²) in [5, 5.41) is 17.3. The van der Waals surface area contributed by atoms with Crippen molar-refractivity contribution < 1.29 is 19.3 Å². The molecule has 10 nitrogen and oxygen atoms in total. The molecule has 3 aromatic rings. The highest BCUT2D eigenvalue weighted by atomic mass is 35.5. The standard InChI is InChI=1S/C27H22ClN5O5/c1-30(2)19-8-5-17(6-9-19)24-14-22(16-3-10-20(11-4-16)33(37)38)29-32(24)25(34)15-31-23-12-7-18(28)13-21(23)26(35)27(31)36/h3-13,24H,14-15H2,1-2H3. The van der Waals surface area contributed by atoms with Gasteiger partial charge in [0.2, 0.25) is 0 Å². The van der Waals surface area contributed by atoms with Crippen LogP contribution in [0.3, 0.4) is 0 Å². The molecule has 0 aromatic heterocycles. The molecule has 2 amide bonds. The van der Waals surface area contributed by atoms with Crippen molar-refractivity contribution in [3.05, 3.63) is 98.6 Å². The number of halogens is 1. The predicted molar refractivity (Wildman–Crippen MR) is 143 cm³/mol. The number of fused-ring (bicyclic) bond motifs is 1. The molecule has 0 fully saturated rings.